The van der Waals surface area contributed by atoms with Gasteiger partial charge in [-0.25, -0.2) is 0 Å². The summed E-state index contributed by atoms with van der Waals surface area (Å²) >= 11 is 0. The molecule has 1 heterocycles. The molecule has 1 aliphatic rings. The van der Waals surface area contributed by atoms with E-state index in [9.17, 15) is 9.59 Å². The molecule has 0 aromatic heterocycles. The van der Waals surface area contributed by atoms with E-state index in [0.29, 0.717) is 18.9 Å². The van der Waals surface area contributed by atoms with Gasteiger partial charge in [-0.05, 0) is 45.7 Å². The molecule has 18 heavy (non-hydrogen) atoms. The SMILES string of the molecule is CC(C)N(CCC(=O)O)C(=O)CC1CCCNC1. The summed E-state index contributed by atoms with van der Waals surface area (Å²) in [7, 11) is 0. The van der Waals surface area contributed by atoms with E-state index in [1.54, 1.807) is 4.90 Å². The second-order valence-corrected chi connectivity index (χ2v) is 5.24. The number of hydrogen-bond acceptors (Lipinski definition) is 3. The number of rotatable bonds is 6. The molecular weight excluding hydrogens is 232 g/mol. The summed E-state index contributed by atoms with van der Waals surface area (Å²) in [6, 6.07) is 0.0633. The van der Waals surface area contributed by atoms with Crippen molar-refractivity contribution in [2.45, 2.75) is 45.6 Å². The molecule has 104 valence electrons. The Morgan fingerprint density at radius 2 is 2.17 bits per heavy atom. The van der Waals surface area contributed by atoms with Gasteiger partial charge in [0.05, 0.1) is 6.42 Å². The fourth-order valence-electron chi connectivity index (χ4n) is 2.35. The van der Waals surface area contributed by atoms with Crippen LogP contribution in [0.2, 0.25) is 0 Å². The first-order valence-corrected chi connectivity index (χ1v) is 6.72. The van der Waals surface area contributed by atoms with E-state index in [1.165, 1.54) is 0 Å². The maximum absolute atomic E-state index is 12.2. The van der Waals surface area contributed by atoms with Gasteiger partial charge in [-0.1, -0.05) is 0 Å². The average molecular weight is 256 g/mol. The van der Waals surface area contributed by atoms with Crippen LogP contribution in [-0.4, -0.2) is 47.6 Å². The third kappa shape index (κ3) is 5.04. The Balaban J connectivity index is 2.45. The molecule has 0 spiro atoms. The molecule has 5 nitrogen and oxygen atoms in total. The van der Waals surface area contributed by atoms with E-state index >= 15 is 0 Å². The van der Waals surface area contributed by atoms with E-state index in [4.69, 9.17) is 5.11 Å². The highest BCUT2D eigenvalue weighted by molar-refractivity contribution is 5.77. The standard InChI is InChI=1S/C13H24N2O3/c1-10(2)15(7-5-13(17)18)12(16)8-11-4-3-6-14-9-11/h10-11,14H,3-9H2,1-2H3,(H,17,18). The second-order valence-electron chi connectivity index (χ2n) is 5.24. The van der Waals surface area contributed by atoms with Crippen molar-refractivity contribution in [2.24, 2.45) is 5.92 Å². The molecule has 0 radical (unpaired) electrons. The number of carbonyl (C=O) groups excluding carboxylic acids is 1. The highest BCUT2D eigenvalue weighted by atomic mass is 16.4. The van der Waals surface area contributed by atoms with Crippen molar-refractivity contribution < 1.29 is 14.7 Å². The predicted molar refractivity (Wildman–Crippen MR) is 69.3 cm³/mol. The van der Waals surface area contributed by atoms with Gasteiger partial charge in [0.25, 0.3) is 0 Å². The maximum atomic E-state index is 12.2. The number of nitrogens with zero attached hydrogens (tertiary/aromatic N) is 1. The van der Waals surface area contributed by atoms with Gasteiger partial charge < -0.3 is 15.3 Å². The summed E-state index contributed by atoms with van der Waals surface area (Å²) in [6.45, 7) is 6.11. The zero-order chi connectivity index (χ0) is 13.5. The van der Waals surface area contributed by atoms with Crippen LogP contribution in [0.1, 0.15) is 39.5 Å². The number of carbonyl (C=O) groups is 2. The van der Waals surface area contributed by atoms with Gasteiger partial charge in [-0.3, -0.25) is 9.59 Å². The minimum absolute atomic E-state index is 0.0207. The Morgan fingerprint density at radius 1 is 1.44 bits per heavy atom. The van der Waals surface area contributed by atoms with Crippen LogP contribution in [0.15, 0.2) is 0 Å². The molecule has 0 aliphatic carbocycles. The van der Waals surface area contributed by atoms with E-state index < -0.39 is 5.97 Å². The molecule has 1 atom stereocenters. The quantitative estimate of drug-likeness (QED) is 0.746. The fraction of sp³-hybridized carbons (Fsp3) is 0.846. The number of carboxylic acid groups (broad SMARTS) is 1. The third-order valence-corrected chi connectivity index (χ3v) is 3.37. The zero-order valence-corrected chi connectivity index (χ0v) is 11.3. The van der Waals surface area contributed by atoms with Crippen molar-refractivity contribution >= 4 is 11.9 Å². The number of aliphatic carboxylic acids is 1. The fourth-order valence-corrected chi connectivity index (χ4v) is 2.35. The molecule has 2 N–H and O–H groups in total. The van der Waals surface area contributed by atoms with Crippen molar-refractivity contribution in [3.05, 3.63) is 0 Å². The molecule has 0 saturated carbocycles. The van der Waals surface area contributed by atoms with E-state index in [-0.39, 0.29) is 18.4 Å². The number of amides is 1. The minimum Gasteiger partial charge on any atom is -0.481 e. The first-order valence-electron chi connectivity index (χ1n) is 6.72. The van der Waals surface area contributed by atoms with Gasteiger partial charge in [0.2, 0.25) is 5.91 Å². The minimum atomic E-state index is -0.854. The van der Waals surface area contributed by atoms with E-state index in [1.807, 2.05) is 13.8 Å². The molecular formula is C13H24N2O3. The van der Waals surface area contributed by atoms with Gasteiger partial charge in [0.1, 0.15) is 0 Å². The van der Waals surface area contributed by atoms with E-state index in [2.05, 4.69) is 5.32 Å². The molecule has 1 fully saturated rings. The highest BCUT2D eigenvalue weighted by Gasteiger charge is 2.22. The van der Waals surface area contributed by atoms with Crippen LogP contribution in [0.25, 0.3) is 0 Å². The van der Waals surface area contributed by atoms with Crippen LogP contribution in [-0.2, 0) is 9.59 Å². The maximum Gasteiger partial charge on any atom is 0.305 e. The van der Waals surface area contributed by atoms with Crippen LogP contribution < -0.4 is 5.32 Å². The summed E-state index contributed by atoms with van der Waals surface area (Å²) in [4.78, 5) is 24.4. The summed E-state index contributed by atoms with van der Waals surface area (Å²) in [5.41, 5.74) is 0. The Bertz CT molecular complexity index is 286. The van der Waals surface area contributed by atoms with Gasteiger partial charge in [-0.2, -0.15) is 0 Å². The highest BCUT2D eigenvalue weighted by Crippen LogP contribution is 2.16. The van der Waals surface area contributed by atoms with Gasteiger partial charge in [-0.15, -0.1) is 0 Å². The molecule has 1 aliphatic heterocycles. The molecule has 0 bridgehead atoms. The normalized spacial score (nSPS) is 19.8. The van der Waals surface area contributed by atoms with Crippen molar-refractivity contribution in [3.63, 3.8) is 0 Å². The van der Waals surface area contributed by atoms with Crippen LogP contribution in [0.3, 0.4) is 0 Å². The van der Waals surface area contributed by atoms with Crippen molar-refractivity contribution in [2.75, 3.05) is 19.6 Å². The van der Waals surface area contributed by atoms with Gasteiger partial charge in [0.15, 0.2) is 0 Å². The summed E-state index contributed by atoms with van der Waals surface area (Å²) in [5.74, 6) is -0.370. The molecule has 1 saturated heterocycles. The lowest BCUT2D eigenvalue weighted by molar-refractivity contribution is -0.139. The van der Waals surface area contributed by atoms with Crippen LogP contribution in [0, 0.1) is 5.92 Å². The topological polar surface area (TPSA) is 69.6 Å². The monoisotopic (exact) mass is 256 g/mol. The molecule has 1 unspecified atom stereocenters. The Morgan fingerprint density at radius 3 is 2.67 bits per heavy atom. The lowest BCUT2D eigenvalue weighted by Gasteiger charge is -2.29. The summed E-state index contributed by atoms with van der Waals surface area (Å²) < 4.78 is 0. The van der Waals surface area contributed by atoms with Crippen LogP contribution >= 0.6 is 0 Å². The van der Waals surface area contributed by atoms with Gasteiger partial charge in [0, 0.05) is 19.0 Å². The van der Waals surface area contributed by atoms with Crippen molar-refractivity contribution in [3.8, 4) is 0 Å². The van der Waals surface area contributed by atoms with Crippen molar-refractivity contribution in [1.82, 2.24) is 10.2 Å². The zero-order valence-electron chi connectivity index (χ0n) is 11.3. The number of nitrogens with one attached hydrogen (secondary N) is 1. The lowest BCUT2D eigenvalue weighted by Crippen LogP contribution is -2.41. The number of piperidine rings is 1. The lowest BCUT2D eigenvalue weighted by atomic mass is 9.95. The Hall–Kier alpha value is -1.10. The second kappa shape index (κ2) is 7.36. The third-order valence-electron chi connectivity index (χ3n) is 3.37. The Kier molecular flexibility index (Phi) is 6.12. The largest absolute Gasteiger partial charge is 0.481 e. The summed E-state index contributed by atoms with van der Waals surface area (Å²) in [6.07, 6.45) is 2.76. The number of carboxylic acids is 1. The smallest absolute Gasteiger partial charge is 0.305 e. The molecule has 0 aromatic rings. The first-order chi connectivity index (χ1) is 8.50. The average Bonchev–Trinajstić information content (AvgIpc) is 2.29. The Labute approximate surface area is 109 Å². The first kappa shape index (κ1) is 15.0. The molecule has 1 rings (SSSR count). The summed E-state index contributed by atoms with van der Waals surface area (Å²) in [5, 5.41) is 12.0. The van der Waals surface area contributed by atoms with Crippen molar-refractivity contribution in [1.29, 1.82) is 0 Å². The van der Waals surface area contributed by atoms with Gasteiger partial charge >= 0.3 is 5.97 Å². The molecule has 0 aromatic carbocycles. The molecule has 5 heteroatoms. The predicted octanol–water partition coefficient (Wildman–Crippen LogP) is 1.09. The van der Waals surface area contributed by atoms with Crippen LogP contribution in [0.5, 0.6) is 0 Å². The number of hydrogen-bond donors (Lipinski definition) is 2. The van der Waals surface area contributed by atoms with Crippen LogP contribution in [0.4, 0.5) is 0 Å². The molecule has 1 amide bonds. The van der Waals surface area contributed by atoms with E-state index in [0.717, 1.165) is 25.9 Å².